The van der Waals surface area contributed by atoms with Gasteiger partial charge in [0.15, 0.2) is 0 Å². The highest BCUT2D eigenvalue weighted by atomic mass is 16.4. The van der Waals surface area contributed by atoms with Crippen LogP contribution in [0.3, 0.4) is 0 Å². The number of hydrogen-bond donors (Lipinski definition) is 2. The molecule has 0 bridgehead atoms. The third kappa shape index (κ3) is 1.88. The van der Waals surface area contributed by atoms with Gasteiger partial charge in [-0.15, -0.1) is 0 Å². The summed E-state index contributed by atoms with van der Waals surface area (Å²) in [7, 11) is 0. The molecule has 0 radical (unpaired) electrons. The molecule has 0 aromatic heterocycles. The fraction of sp³-hybridized carbons (Fsp3) is 0.556. The molecule has 0 saturated heterocycles. The first-order valence-corrected chi connectivity index (χ1v) is 4.17. The largest absolute Gasteiger partial charge is 0.481 e. The summed E-state index contributed by atoms with van der Waals surface area (Å²) in [4.78, 5) is 21.5. The number of rotatable bonds is 2. The Balaban J connectivity index is 2.86. The first-order chi connectivity index (χ1) is 6.04. The Morgan fingerprint density at radius 1 is 1.31 bits per heavy atom. The Kier molecular flexibility index (Phi) is 2.70. The van der Waals surface area contributed by atoms with Crippen molar-refractivity contribution in [3.63, 3.8) is 0 Å². The van der Waals surface area contributed by atoms with Crippen LogP contribution in [0.4, 0.5) is 0 Å². The molecule has 1 aliphatic carbocycles. The van der Waals surface area contributed by atoms with Crippen LogP contribution >= 0.6 is 0 Å². The Morgan fingerprint density at radius 3 is 2.31 bits per heavy atom. The predicted molar refractivity (Wildman–Crippen MR) is 45.2 cm³/mol. The lowest BCUT2D eigenvalue weighted by Gasteiger charge is -2.27. The van der Waals surface area contributed by atoms with E-state index in [9.17, 15) is 9.59 Å². The van der Waals surface area contributed by atoms with Gasteiger partial charge < -0.3 is 10.2 Å². The van der Waals surface area contributed by atoms with Crippen LogP contribution in [0.25, 0.3) is 0 Å². The van der Waals surface area contributed by atoms with Crippen molar-refractivity contribution < 1.29 is 19.8 Å². The van der Waals surface area contributed by atoms with Crippen LogP contribution in [0.1, 0.15) is 19.3 Å². The Labute approximate surface area is 75.9 Å². The van der Waals surface area contributed by atoms with E-state index in [-0.39, 0.29) is 0 Å². The van der Waals surface area contributed by atoms with E-state index in [2.05, 4.69) is 6.58 Å². The lowest BCUT2D eigenvalue weighted by molar-refractivity contribution is -0.153. The van der Waals surface area contributed by atoms with E-state index in [0.29, 0.717) is 18.4 Å². The van der Waals surface area contributed by atoms with Crippen molar-refractivity contribution in [1.29, 1.82) is 0 Å². The van der Waals surface area contributed by atoms with Gasteiger partial charge in [0.25, 0.3) is 0 Å². The van der Waals surface area contributed by atoms with Gasteiger partial charge >= 0.3 is 11.9 Å². The standard InChI is InChI=1S/C9H12O4/c1-5-3-2-4-6(8(10)11)7(5)9(12)13/h6-7H,1-4H2,(H,10,11)(H,12,13). The van der Waals surface area contributed by atoms with Gasteiger partial charge in [-0.1, -0.05) is 12.2 Å². The van der Waals surface area contributed by atoms with Crippen molar-refractivity contribution in [2.75, 3.05) is 0 Å². The van der Waals surface area contributed by atoms with Crippen LogP contribution in [-0.4, -0.2) is 22.2 Å². The Bertz CT molecular complexity index is 256. The maximum absolute atomic E-state index is 10.8. The Hall–Kier alpha value is -1.32. The molecule has 0 aromatic rings. The van der Waals surface area contributed by atoms with E-state index in [1.165, 1.54) is 0 Å². The first kappa shape index (κ1) is 9.77. The molecule has 0 amide bonds. The summed E-state index contributed by atoms with van der Waals surface area (Å²) < 4.78 is 0. The van der Waals surface area contributed by atoms with Gasteiger partial charge in [0.2, 0.25) is 0 Å². The molecular weight excluding hydrogens is 172 g/mol. The maximum atomic E-state index is 10.8. The zero-order chi connectivity index (χ0) is 10.0. The summed E-state index contributed by atoms with van der Waals surface area (Å²) in [5, 5.41) is 17.6. The van der Waals surface area contributed by atoms with Crippen molar-refractivity contribution in [1.82, 2.24) is 0 Å². The second-order valence-electron chi connectivity index (χ2n) is 3.31. The minimum absolute atomic E-state index is 0.436. The molecule has 0 aromatic carbocycles. The summed E-state index contributed by atoms with van der Waals surface area (Å²) >= 11 is 0. The van der Waals surface area contributed by atoms with Gasteiger partial charge in [0.1, 0.15) is 0 Å². The van der Waals surface area contributed by atoms with Crippen LogP contribution in [0.5, 0.6) is 0 Å². The average molecular weight is 184 g/mol. The first-order valence-electron chi connectivity index (χ1n) is 4.17. The number of aliphatic carboxylic acids is 2. The molecule has 13 heavy (non-hydrogen) atoms. The summed E-state index contributed by atoms with van der Waals surface area (Å²) in [6, 6.07) is 0. The van der Waals surface area contributed by atoms with Gasteiger partial charge in [-0.05, 0) is 19.3 Å². The molecule has 2 atom stereocenters. The van der Waals surface area contributed by atoms with Crippen LogP contribution < -0.4 is 0 Å². The number of carboxylic acid groups (broad SMARTS) is 2. The molecule has 0 spiro atoms. The number of hydrogen-bond acceptors (Lipinski definition) is 2. The van der Waals surface area contributed by atoms with E-state index in [4.69, 9.17) is 10.2 Å². The second kappa shape index (κ2) is 3.60. The van der Waals surface area contributed by atoms with E-state index in [1.54, 1.807) is 0 Å². The van der Waals surface area contributed by atoms with Gasteiger partial charge in [-0.3, -0.25) is 9.59 Å². The minimum atomic E-state index is -1.07. The van der Waals surface area contributed by atoms with Crippen LogP contribution in [0, 0.1) is 11.8 Å². The van der Waals surface area contributed by atoms with Crippen molar-refractivity contribution in [2.24, 2.45) is 11.8 Å². The monoisotopic (exact) mass is 184 g/mol. The van der Waals surface area contributed by atoms with Crippen LogP contribution in [0.15, 0.2) is 12.2 Å². The molecule has 2 N–H and O–H groups in total. The van der Waals surface area contributed by atoms with Crippen LogP contribution in [0.2, 0.25) is 0 Å². The summed E-state index contributed by atoms with van der Waals surface area (Å²) in [5.74, 6) is -3.80. The van der Waals surface area contributed by atoms with Crippen LogP contribution in [-0.2, 0) is 9.59 Å². The van der Waals surface area contributed by atoms with Crippen molar-refractivity contribution >= 4 is 11.9 Å². The molecule has 1 rings (SSSR count). The zero-order valence-corrected chi connectivity index (χ0v) is 7.19. The lowest BCUT2D eigenvalue weighted by atomic mass is 9.76. The molecule has 4 heteroatoms. The smallest absolute Gasteiger partial charge is 0.311 e. The third-order valence-corrected chi connectivity index (χ3v) is 2.44. The topological polar surface area (TPSA) is 74.6 Å². The zero-order valence-electron chi connectivity index (χ0n) is 7.19. The fourth-order valence-electron chi connectivity index (χ4n) is 1.77. The molecule has 0 aliphatic heterocycles. The van der Waals surface area contributed by atoms with E-state index < -0.39 is 23.8 Å². The molecular formula is C9H12O4. The average Bonchev–Trinajstić information content (AvgIpc) is 2.02. The molecule has 1 fully saturated rings. The fourth-order valence-corrected chi connectivity index (χ4v) is 1.77. The summed E-state index contributed by atoms with van der Waals surface area (Å²) in [5.41, 5.74) is 0.533. The molecule has 4 nitrogen and oxygen atoms in total. The van der Waals surface area contributed by atoms with Gasteiger partial charge in [0, 0.05) is 0 Å². The lowest BCUT2D eigenvalue weighted by Crippen LogP contribution is -2.33. The van der Waals surface area contributed by atoms with E-state index >= 15 is 0 Å². The maximum Gasteiger partial charge on any atom is 0.311 e. The van der Waals surface area contributed by atoms with Gasteiger partial charge in [-0.25, -0.2) is 0 Å². The van der Waals surface area contributed by atoms with Crippen molar-refractivity contribution in [3.05, 3.63) is 12.2 Å². The molecule has 1 aliphatic rings. The summed E-state index contributed by atoms with van der Waals surface area (Å²) in [6.07, 6.45) is 1.78. The molecule has 0 heterocycles. The molecule has 72 valence electrons. The van der Waals surface area contributed by atoms with Crippen molar-refractivity contribution in [2.45, 2.75) is 19.3 Å². The minimum Gasteiger partial charge on any atom is -0.481 e. The SMILES string of the molecule is C=C1CCCC(C(=O)O)C1C(=O)O. The van der Waals surface area contributed by atoms with Gasteiger partial charge in [0.05, 0.1) is 11.8 Å². The van der Waals surface area contributed by atoms with Gasteiger partial charge in [-0.2, -0.15) is 0 Å². The predicted octanol–water partition coefficient (Wildman–Crippen LogP) is 1.13. The van der Waals surface area contributed by atoms with Crippen molar-refractivity contribution in [3.8, 4) is 0 Å². The molecule has 2 unspecified atom stereocenters. The highest BCUT2D eigenvalue weighted by Gasteiger charge is 2.37. The molecule has 1 saturated carbocycles. The number of carboxylic acids is 2. The second-order valence-corrected chi connectivity index (χ2v) is 3.31. The highest BCUT2D eigenvalue weighted by molar-refractivity contribution is 5.82. The third-order valence-electron chi connectivity index (χ3n) is 2.44. The van der Waals surface area contributed by atoms with E-state index in [0.717, 1.165) is 6.42 Å². The summed E-state index contributed by atoms with van der Waals surface area (Å²) in [6.45, 7) is 3.61. The highest BCUT2D eigenvalue weighted by Crippen LogP contribution is 2.33. The van der Waals surface area contributed by atoms with E-state index in [1.807, 2.05) is 0 Å². The quantitative estimate of drug-likeness (QED) is 0.631. The normalized spacial score (nSPS) is 28.5. The Morgan fingerprint density at radius 2 is 1.92 bits per heavy atom. The number of carbonyl (C=O) groups is 2.